The summed E-state index contributed by atoms with van der Waals surface area (Å²) in [7, 11) is 0. The van der Waals surface area contributed by atoms with Crippen LogP contribution in [0.2, 0.25) is 5.02 Å². The summed E-state index contributed by atoms with van der Waals surface area (Å²) < 4.78 is 2.09. The van der Waals surface area contributed by atoms with E-state index in [9.17, 15) is 0 Å². The first kappa shape index (κ1) is 12.9. The minimum Gasteiger partial charge on any atom is -0.380 e. The van der Waals surface area contributed by atoms with Crippen molar-refractivity contribution in [2.45, 2.75) is 6.54 Å². The van der Waals surface area contributed by atoms with E-state index in [1.807, 2.05) is 42.5 Å². The lowest BCUT2D eigenvalue weighted by molar-refractivity contribution is 1.14. The molecule has 1 N–H and O–H groups in total. The van der Waals surface area contributed by atoms with Crippen LogP contribution in [0.15, 0.2) is 51.4 Å². The molecule has 0 aliphatic rings. The summed E-state index contributed by atoms with van der Waals surface area (Å²) in [5.41, 5.74) is 2.21. The van der Waals surface area contributed by atoms with Crippen molar-refractivity contribution in [1.82, 2.24) is 0 Å². The molecule has 2 rings (SSSR count). The van der Waals surface area contributed by atoms with E-state index in [-0.39, 0.29) is 0 Å². The van der Waals surface area contributed by atoms with Crippen molar-refractivity contribution in [3.8, 4) is 0 Å². The monoisotopic (exact) mass is 373 g/mol. The zero-order valence-corrected chi connectivity index (χ0v) is 12.8. The Morgan fingerprint density at radius 3 is 2.65 bits per heavy atom. The molecular weight excluding hydrogens is 365 g/mol. The summed E-state index contributed by atoms with van der Waals surface area (Å²) in [6.45, 7) is 0.746. The Hall–Kier alpha value is -0.510. The van der Waals surface area contributed by atoms with Gasteiger partial charge in [0.1, 0.15) is 0 Å². The van der Waals surface area contributed by atoms with Gasteiger partial charge in [-0.1, -0.05) is 39.7 Å². The van der Waals surface area contributed by atoms with Gasteiger partial charge >= 0.3 is 0 Å². The Morgan fingerprint density at radius 2 is 1.88 bits per heavy atom. The minimum atomic E-state index is 0.746. The van der Waals surface area contributed by atoms with Crippen molar-refractivity contribution in [2.75, 3.05) is 5.32 Å². The maximum Gasteiger partial charge on any atom is 0.0498 e. The molecule has 0 spiro atoms. The minimum absolute atomic E-state index is 0.746. The molecule has 0 heterocycles. The standard InChI is InChI=1S/C13H10Br2ClN/c14-10-4-5-12(15)13(7-10)17-8-9-2-1-3-11(16)6-9/h1-7,17H,8H2. The molecule has 0 aromatic heterocycles. The first-order valence-corrected chi connectivity index (χ1v) is 7.05. The number of benzene rings is 2. The third-order valence-corrected chi connectivity index (χ3v) is 3.72. The molecule has 0 aliphatic heterocycles. The van der Waals surface area contributed by atoms with Crippen LogP contribution in [0.4, 0.5) is 5.69 Å². The highest BCUT2D eigenvalue weighted by atomic mass is 79.9. The second-order valence-corrected chi connectivity index (χ2v) is 5.81. The Bertz CT molecular complexity index is 529. The number of hydrogen-bond acceptors (Lipinski definition) is 1. The molecule has 2 aromatic rings. The molecule has 88 valence electrons. The molecule has 2 aromatic carbocycles. The zero-order valence-electron chi connectivity index (χ0n) is 8.88. The van der Waals surface area contributed by atoms with Crippen molar-refractivity contribution in [2.24, 2.45) is 0 Å². The number of halogens is 3. The maximum atomic E-state index is 5.94. The number of hydrogen-bond donors (Lipinski definition) is 1. The fourth-order valence-electron chi connectivity index (χ4n) is 1.48. The van der Waals surface area contributed by atoms with Gasteiger partial charge in [-0.15, -0.1) is 0 Å². The largest absolute Gasteiger partial charge is 0.380 e. The normalized spacial score (nSPS) is 10.3. The van der Waals surface area contributed by atoms with Gasteiger partial charge in [-0.25, -0.2) is 0 Å². The van der Waals surface area contributed by atoms with E-state index < -0.39 is 0 Å². The van der Waals surface area contributed by atoms with Gasteiger partial charge in [0.05, 0.1) is 0 Å². The number of nitrogens with one attached hydrogen (secondary N) is 1. The summed E-state index contributed by atoms with van der Waals surface area (Å²) >= 11 is 12.9. The van der Waals surface area contributed by atoms with Gasteiger partial charge in [0.15, 0.2) is 0 Å². The molecular formula is C13H10Br2ClN. The summed E-state index contributed by atoms with van der Waals surface area (Å²) in [5, 5.41) is 4.12. The summed E-state index contributed by atoms with van der Waals surface area (Å²) in [5.74, 6) is 0. The second kappa shape index (κ2) is 5.89. The second-order valence-electron chi connectivity index (χ2n) is 3.61. The van der Waals surface area contributed by atoms with Crippen LogP contribution in [0.1, 0.15) is 5.56 Å². The first-order valence-electron chi connectivity index (χ1n) is 5.08. The lowest BCUT2D eigenvalue weighted by Gasteiger charge is -2.09. The van der Waals surface area contributed by atoms with Crippen LogP contribution in [-0.4, -0.2) is 0 Å². The van der Waals surface area contributed by atoms with Crippen LogP contribution in [0.25, 0.3) is 0 Å². The lowest BCUT2D eigenvalue weighted by Crippen LogP contribution is -1.99. The average molecular weight is 375 g/mol. The van der Waals surface area contributed by atoms with E-state index >= 15 is 0 Å². The Labute approximate surface area is 122 Å². The summed E-state index contributed by atoms with van der Waals surface area (Å²) in [6, 6.07) is 13.9. The molecule has 0 atom stereocenters. The Morgan fingerprint density at radius 1 is 1.06 bits per heavy atom. The highest BCUT2D eigenvalue weighted by molar-refractivity contribution is 9.11. The van der Waals surface area contributed by atoms with E-state index in [4.69, 9.17) is 11.6 Å². The van der Waals surface area contributed by atoms with Crippen LogP contribution in [0, 0.1) is 0 Å². The summed E-state index contributed by atoms with van der Waals surface area (Å²) in [4.78, 5) is 0. The Balaban J connectivity index is 2.09. The van der Waals surface area contributed by atoms with Crippen molar-refractivity contribution >= 4 is 49.1 Å². The van der Waals surface area contributed by atoms with Crippen molar-refractivity contribution in [1.29, 1.82) is 0 Å². The molecule has 0 unspecified atom stereocenters. The number of anilines is 1. The van der Waals surface area contributed by atoms with Crippen LogP contribution in [0.5, 0.6) is 0 Å². The Kier molecular flexibility index (Phi) is 4.48. The third-order valence-electron chi connectivity index (χ3n) is 2.30. The highest BCUT2D eigenvalue weighted by Gasteiger charge is 2.00. The molecule has 0 amide bonds. The van der Waals surface area contributed by atoms with Crippen LogP contribution < -0.4 is 5.32 Å². The highest BCUT2D eigenvalue weighted by Crippen LogP contribution is 2.26. The molecule has 0 saturated carbocycles. The van der Waals surface area contributed by atoms with Crippen molar-refractivity contribution in [3.05, 3.63) is 62.0 Å². The molecule has 0 bridgehead atoms. The zero-order chi connectivity index (χ0) is 12.3. The molecule has 0 radical (unpaired) electrons. The summed E-state index contributed by atoms with van der Waals surface area (Å²) in [6.07, 6.45) is 0. The SMILES string of the molecule is Clc1cccc(CNc2cc(Br)ccc2Br)c1. The third kappa shape index (κ3) is 3.73. The van der Waals surface area contributed by atoms with Crippen molar-refractivity contribution < 1.29 is 0 Å². The van der Waals surface area contributed by atoms with Crippen LogP contribution in [-0.2, 0) is 6.54 Å². The van der Waals surface area contributed by atoms with Crippen LogP contribution in [0.3, 0.4) is 0 Å². The van der Waals surface area contributed by atoms with Gasteiger partial charge in [0.25, 0.3) is 0 Å². The fraction of sp³-hybridized carbons (Fsp3) is 0.0769. The van der Waals surface area contributed by atoms with Gasteiger partial charge < -0.3 is 5.32 Å². The van der Waals surface area contributed by atoms with E-state index in [1.165, 1.54) is 0 Å². The van der Waals surface area contributed by atoms with E-state index in [1.54, 1.807) is 0 Å². The molecule has 0 aliphatic carbocycles. The van der Waals surface area contributed by atoms with Crippen molar-refractivity contribution in [3.63, 3.8) is 0 Å². The molecule has 1 nitrogen and oxygen atoms in total. The maximum absolute atomic E-state index is 5.94. The predicted molar refractivity (Wildman–Crippen MR) is 80.6 cm³/mol. The fourth-order valence-corrected chi connectivity index (χ4v) is 2.44. The smallest absolute Gasteiger partial charge is 0.0498 e. The van der Waals surface area contributed by atoms with E-state index in [0.717, 1.165) is 31.8 Å². The predicted octanol–water partition coefficient (Wildman–Crippen LogP) is 5.48. The number of rotatable bonds is 3. The molecule has 17 heavy (non-hydrogen) atoms. The van der Waals surface area contributed by atoms with Gasteiger partial charge in [-0.3, -0.25) is 0 Å². The van der Waals surface area contributed by atoms with Gasteiger partial charge in [0, 0.05) is 26.2 Å². The quantitative estimate of drug-likeness (QED) is 0.749. The van der Waals surface area contributed by atoms with Gasteiger partial charge in [-0.05, 0) is 51.8 Å². The molecule has 0 saturated heterocycles. The first-order chi connectivity index (χ1) is 8.15. The molecule has 0 fully saturated rings. The van der Waals surface area contributed by atoms with E-state index in [2.05, 4.69) is 37.2 Å². The van der Waals surface area contributed by atoms with Gasteiger partial charge in [-0.2, -0.15) is 0 Å². The topological polar surface area (TPSA) is 12.0 Å². The van der Waals surface area contributed by atoms with E-state index in [0.29, 0.717) is 0 Å². The molecule has 4 heteroatoms. The average Bonchev–Trinajstić information content (AvgIpc) is 2.30. The van der Waals surface area contributed by atoms with Crippen LogP contribution >= 0.6 is 43.5 Å². The van der Waals surface area contributed by atoms with Gasteiger partial charge in [0.2, 0.25) is 0 Å². The lowest BCUT2D eigenvalue weighted by atomic mass is 10.2.